The van der Waals surface area contributed by atoms with Gasteiger partial charge in [0.25, 0.3) is 0 Å². The van der Waals surface area contributed by atoms with Crippen LogP contribution < -0.4 is 5.32 Å². The van der Waals surface area contributed by atoms with Gasteiger partial charge >= 0.3 is 0 Å². The van der Waals surface area contributed by atoms with Crippen molar-refractivity contribution in [3.63, 3.8) is 0 Å². The van der Waals surface area contributed by atoms with Gasteiger partial charge in [-0.05, 0) is 31.0 Å². The zero-order valence-electron chi connectivity index (χ0n) is 8.77. The molecule has 1 fully saturated rings. The number of aromatic nitrogens is 4. The van der Waals surface area contributed by atoms with E-state index in [0.717, 1.165) is 25.2 Å². The van der Waals surface area contributed by atoms with Crippen LogP contribution in [0.5, 0.6) is 0 Å². The minimum absolute atomic E-state index is 0.495. The van der Waals surface area contributed by atoms with Gasteiger partial charge in [0.15, 0.2) is 5.82 Å². The number of tetrazole rings is 1. The van der Waals surface area contributed by atoms with Crippen LogP contribution in [-0.4, -0.2) is 32.8 Å². The molecule has 0 bridgehead atoms. The van der Waals surface area contributed by atoms with E-state index in [1.807, 2.05) is 7.05 Å². The summed E-state index contributed by atoms with van der Waals surface area (Å²) in [6.07, 6.45) is 3.45. The lowest BCUT2D eigenvalue weighted by Gasteiger charge is -2.27. The highest BCUT2D eigenvalue weighted by molar-refractivity contribution is 4.96. The van der Waals surface area contributed by atoms with Crippen LogP contribution in [0, 0.1) is 0 Å². The Labute approximate surface area is 83.9 Å². The zero-order valence-corrected chi connectivity index (χ0v) is 8.77. The molecule has 1 aromatic rings. The second-order valence-electron chi connectivity index (χ2n) is 3.92. The Morgan fingerprint density at radius 2 is 2.43 bits per heavy atom. The molecule has 0 aromatic carbocycles. The maximum atomic E-state index is 4.27. The minimum atomic E-state index is 0.495. The first kappa shape index (κ1) is 9.58. The molecule has 2 unspecified atom stereocenters. The van der Waals surface area contributed by atoms with Crippen LogP contribution in [0.15, 0.2) is 0 Å². The van der Waals surface area contributed by atoms with Crippen molar-refractivity contribution in [2.45, 2.75) is 38.1 Å². The molecule has 1 N–H and O–H groups in total. The second kappa shape index (κ2) is 4.04. The van der Waals surface area contributed by atoms with Crippen molar-refractivity contribution in [1.82, 2.24) is 25.5 Å². The molecular weight excluding hydrogens is 178 g/mol. The van der Waals surface area contributed by atoms with Crippen LogP contribution >= 0.6 is 0 Å². The summed E-state index contributed by atoms with van der Waals surface area (Å²) in [5.74, 6) is 1.40. The molecule has 2 rings (SSSR count). The van der Waals surface area contributed by atoms with Crippen LogP contribution in [0.4, 0.5) is 0 Å². The number of nitrogens with one attached hydrogen (secondary N) is 1. The molecule has 78 valence electrons. The van der Waals surface area contributed by atoms with Crippen molar-refractivity contribution in [3.05, 3.63) is 5.82 Å². The predicted molar refractivity (Wildman–Crippen MR) is 52.9 cm³/mol. The summed E-state index contributed by atoms with van der Waals surface area (Å²) in [6, 6.07) is 0.623. The summed E-state index contributed by atoms with van der Waals surface area (Å²) in [7, 11) is 1.81. The molecule has 0 spiro atoms. The van der Waals surface area contributed by atoms with Crippen LogP contribution in [0.25, 0.3) is 0 Å². The van der Waals surface area contributed by atoms with Gasteiger partial charge in [0.2, 0.25) is 0 Å². The lowest BCUT2D eigenvalue weighted by molar-refractivity contribution is 0.346. The third-order valence-electron chi connectivity index (χ3n) is 2.88. The first-order chi connectivity index (χ1) is 6.79. The summed E-state index contributed by atoms with van der Waals surface area (Å²) in [4.78, 5) is 1.54. The molecule has 5 heteroatoms. The van der Waals surface area contributed by atoms with E-state index in [9.17, 15) is 0 Å². The lowest BCUT2D eigenvalue weighted by atomic mass is 9.91. The van der Waals surface area contributed by atoms with Gasteiger partial charge in [-0.15, -0.1) is 10.2 Å². The second-order valence-corrected chi connectivity index (χ2v) is 3.92. The Hall–Kier alpha value is -0.970. The summed E-state index contributed by atoms with van der Waals surface area (Å²) in [6.45, 7) is 3.28. The number of hydrogen-bond acceptors (Lipinski definition) is 4. The van der Waals surface area contributed by atoms with Crippen LogP contribution in [0.2, 0.25) is 0 Å². The average Bonchev–Trinajstić information content (AvgIpc) is 2.65. The zero-order chi connectivity index (χ0) is 9.97. The Morgan fingerprint density at radius 3 is 3.07 bits per heavy atom. The molecule has 0 saturated carbocycles. The van der Waals surface area contributed by atoms with Gasteiger partial charge < -0.3 is 5.32 Å². The summed E-state index contributed by atoms with van der Waals surface area (Å²) >= 11 is 0. The van der Waals surface area contributed by atoms with Crippen LogP contribution in [0.1, 0.15) is 37.9 Å². The van der Waals surface area contributed by atoms with Crippen molar-refractivity contribution < 1.29 is 0 Å². The summed E-state index contributed by atoms with van der Waals surface area (Å²) < 4.78 is 0. The fourth-order valence-corrected chi connectivity index (χ4v) is 2.01. The van der Waals surface area contributed by atoms with Crippen LogP contribution in [-0.2, 0) is 7.05 Å². The fraction of sp³-hybridized carbons (Fsp3) is 0.889. The third kappa shape index (κ3) is 1.92. The maximum absolute atomic E-state index is 4.27. The minimum Gasteiger partial charge on any atom is -0.314 e. The normalized spacial score (nSPS) is 27.9. The first-order valence-electron chi connectivity index (χ1n) is 5.27. The van der Waals surface area contributed by atoms with Gasteiger partial charge in [-0.2, -0.15) is 4.80 Å². The van der Waals surface area contributed by atoms with Gasteiger partial charge in [0.1, 0.15) is 0 Å². The molecule has 0 radical (unpaired) electrons. The number of aryl methyl sites for hydroxylation is 1. The van der Waals surface area contributed by atoms with Gasteiger partial charge in [-0.3, -0.25) is 0 Å². The number of piperidine rings is 1. The van der Waals surface area contributed by atoms with E-state index in [1.165, 1.54) is 6.42 Å². The Balaban J connectivity index is 2.04. The fourth-order valence-electron chi connectivity index (χ4n) is 2.01. The highest BCUT2D eigenvalue weighted by Crippen LogP contribution is 2.25. The SMILES string of the molecule is CCC1CC(c2nnn(C)n2)CCN1. The standard InChI is InChI=1S/C9H17N5/c1-3-8-6-7(4-5-10-8)9-11-13-14(2)12-9/h7-8,10H,3-6H2,1-2H3. The van der Waals surface area contributed by atoms with E-state index in [1.54, 1.807) is 4.80 Å². The van der Waals surface area contributed by atoms with Crippen molar-refractivity contribution in [2.75, 3.05) is 6.54 Å². The summed E-state index contributed by atoms with van der Waals surface area (Å²) in [5.41, 5.74) is 0. The Kier molecular flexibility index (Phi) is 2.77. The van der Waals surface area contributed by atoms with Gasteiger partial charge in [0, 0.05) is 12.0 Å². The van der Waals surface area contributed by atoms with E-state index >= 15 is 0 Å². The van der Waals surface area contributed by atoms with Crippen molar-refractivity contribution >= 4 is 0 Å². The maximum Gasteiger partial charge on any atom is 0.177 e. The van der Waals surface area contributed by atoms with E-state index < -0.39 is 0 Å². The Morgan fingerprint density at radius 1 is 1.57 bits per heavy atom. The smallest absolute Gasteiger partial charge is 0.177 e. The van der Waals surface area contributed by atoms with Gasteiger partial charge in [-0.1, -0.05) is 6.92 Å². The average molecular weight is 195 g/mol. The number of rotatable bonds is 2. The number of nitrogens with zero attached hydrogens (tertiary/aromatic N) is 4. The molecular formula is C9H17N5. The van der Waals surface area contributed by atoms with Crippen molar-refractivity contribution in [1.29, 1.82) is 0 Å². The molecule has 1 saturated heterocycles. The highest BCUT2D eigenvalue weighted by atomic mass is 15.6. The molecule has 0 aliphatic carbocycles. The first-order valence-corrected chi connectivity index (χ1v) is 5.27. The molecule has 5 nitrogen and oxygen atoms in total. The molecule has 14 heavy (non-hydrogen) atoms. The molecule has 1 aliphatic rings. The molecule has 2 atom stereocenters. The molecule has 1 aromatic heterocycles. The van der Waals surface area contributed by atoms with E-state index in [4.69, 9.17) is 0 Å². The van der Waals surface area contributed by atoms with Gasteiger partial charge in [0.05, 0.1) is 7.05 Å². The quantitative estimate of drug-likeness (QED) is 0.744. The predicted octanol–water partition coefficient (Wildman–Crippen LogP) is 0.456. The third-order valence-corrected chi connectivity index (χ3v) is 2.88. The molecule has 0 amide bonds. The van der Waals surface area contributed by atoms with E-state index in [2.05, 4.69) is 27.7 Å². The summed E-state index contributed by atoms with van der Waals surface area (Å²) in [5, 5.41) is 15.7. The Bertz CT molecular complexity index is 295. The highest BCUT2D eigenvalue weighted by Gasteiger charge is 2.24. The number of hydrogen-bond donors (Lipinski definition) is 1. The lowest BCUT2D eigenvalue weighted by Crippen LogP contribution is -2.37. The van der Waals surface area contributed by atoms with Crippen LogP contribution in [0.3, 0.4) is 0 Å². The van der Waals surface area contributed by atoms with Crippen molar-refractivity contribution in [2.24, 2.45) is 7.05 Å². The molecule has 2 heterocycles. The van der Waals surface area contributed by atoms with Crippen molar-refractivity contribution in [3.8, 4) is 0 Å². The topological polar surface area (TPSA) is 55.6 Å². The van der Waals surface area contributed by atoms with E-state index in [-0.39, 0.29) is 0 Å². The monoisotopic (exact) mass is 195 g/mol. The van der Waals surface area contributed by atoms with E-state index in [0.29, 0.717) is 12.0 Å². The van der Waals surface area contributed by atoms with Gasteiger partial charge in [-0.25, -0.2) is 0 Å². The molecule has 1 aliphatic heterocycles. The largest absolute Gasteiger partial charge is 0.314 e.